The normalized spacial score (nSPS) is 14.1. The standard InChI is InChI=1S/C22H24FN5O2/c1-15-12-16(2)28(25-15)21-7-6-17(13-20(21)23)24-22(30)27-10-8-26(9-11-27)18-4-3-5-19(29)14-18/h3-7,12-14,29H,8-11H2,1-2H3,(H,24,30). The van der Waals surface area contributed by atoms with Crippen LogP contribution in [0.5, 0.6) is 5.75 Å². The molecule has 30 heavy (non-hydrogen) atoms. The monoisotopic (exact) mass is 409 g/mol. The maximum absolute atomic E-state index is 14.6. The Labute approximate surface area is 174 Å². The fourth-order valence-corrected chi connectivity index (χ4v) is 3.69. The number of carbonyl (C=O) groups excluding carboxylic acids is 1. The number of aromatic hydroxyl groups is 1. The van der Waals surface area contributed by atoms with E-state index in [4.69, 9.17) is 0 Å². The number of carbonyl (C=O) groups is 1. The van der Waals surface area contributed by atoms with Crippen molar-refractivity contribution in [2.45, 2.75) is 13.8 Å². The maximum Gasteiger partial charge on any atom is 0.321 e. The summed E-state index contributed by atoms with van der Waals surface area (Å²) in [6.07, 6.45) is 0. The molecule has 156 valence electrons. The largest absolute Gasteiger partial charge is 0.508 e. The number of benzene rings is 2. The van der Waals surface area contributed by atoms with E-state index in [1.807, 2.05) is 26.0 Å². The lowest BCUT2D eigenvalue weighted by Crippen LogP contribution is -2.50. The van der Waals surface area contributed by atoms with Crippen molar-refractivity contribution in [1.82, 2.24) is 14.7 Å². The van der Waals surface area contributed by atoms with Crippen LogP contribution in [0.3, 0.4) is 0 Å². The maximum atomic E-state index is 14.6. The number of phenols is 1. The van der Waals surface area contributed by atoms with Gasteiger partial charge in [-0.2, -0.15) is 5.10 Å². The number of aryl methyl sites for hydroxylation is 2. The number of rotatable bonds is 3. The van der Waals surface area contributed by atoms with Crippen molar-refractivity contribution in [3.63, 3.8) is 0 Å². The first-order valence-electron chi connectivity index (χ1n) is 9.84. The summed E-state index contributed by atoms with van der Waals surface area (Å²) in [6.45, 7) is 6.10. The Morgan fingerprint density at radius 2 is 1.83 bits per heavy atom. The highest BCUT2D eigenvalue weighted by Gasteiger charge is 2.22. The number of urea groups is 1. The van der Waals surface area contributed by atoms with Gasteiger partial charge in [0.25, 0.3) is 0 Å². The molecule has 3 aromatic rings. The topological polar surface area (TPSA) is 73.6 Å². The van der Waals surface area contributed by atoms with Crippen LogP contribution >= 0.6 is 0 Å². The zero-order valence-electron chi connectivity index (χ0n) is 17.0. The van der Waals surface area contributed by atoms with E-state index < -0.39 is 5.82 Å². The average molecular weight is 409 g/mol. The number of nitrogens with one attached hydrogen (secondary N) is 1. The number of aromatic nitrogens is 2. The van der Waals surface area contributed by atoms with Gasteiger partial charge >= 0.3 is 6.03 Å². The molecule has 0 aliphatic carbocycles. The quantitative estimate of drug-likeness (QED) is 0.692. The smallest absolute Gasteiger partial charge is 0.321 e. The predicted molar refractivity (Wildman–Crippen MR) is 114 cm³/mol. The molecule has 0 unspecified atom stereocenters. The fourth-order valence-electron chi connectivity index (χ4n) is 3.69. The lowest BCUT2D eigenvalue weighted by Gasteiger charge is -2.36. The van der Waals surface area contributed by atoms with Gasteiger partial charge in [0.2, 0.25) is 0 Å². The number of amides is 2. The van der Waals surface area contributed by atoms with Gasteiger partial charge in [0, 0.05) is 49.3 Å². The van der Waals surface area contributed by atoms with Crippen LogP contribution in [0.2, 0.25) is 0 Å². The van der Waals surface area contributed by atoms with Gasteiger partial charge in [-0.3, -0.25) is 0 Å². The zero-order valence-corrected chi connectivity index (χ0v) is 17.0. The van der Waals surface area contributed by atoms with E-state index in [0.717, 1.165) is 17.1 Å². The van der Waals surface area contributed by atoms with E-state index in [1.165, 1.54) is 6.07 Å². The molecule has 0 spiro atoms. The van der Waals surface area contributed by atoms with Gasteiger partial charge < -0.3 is 20.2 Å². The number of piperazine rings is 1. The molecular formula is C22H24FN5O2. The second-order valence-corrected chi connectivity index (χ2v) is 7.43. The van der Waals surface area contributed by atoms with E-state index >= 15 is 0 Å². The number of anilines is 2. The lowest BCUT2D eigenvalue weighted by atomic mass is 10.2. The Morgan fingerprint density at radius 1 is 1.07 bits per heavy atom. The molecular weight excluding hydrogens is 385 g/mol. The van der Waals surface area contributed by atoms with Crippen LogP contribution in [0.15, 0.2) is 48.5 Å². The summed E-state index contributed by atoms with van der Waals surface area (Å²) in [4.78, 5) is 16.4. The molecule has 1 saturated heterocycles. The third-order valence-electron chi connectivity index (χ3n) is 5.20. The number of phenolic OH excluding ortho intramolecular Hbond substituents is 1. The van der Waals surface area contributed by atoms with E-state index in [-0.39, 0.29) is 11.8 Å². The lowest BCUT2D eigenvalue weighted by molar-refractivity contribution is 0.208. The molecule has 1 fully saturated rings. The molecule has 1 aliphatic heterocycles. The molecule has 2 heterocycles. The Kier molecular flexibility index (Phi) is 5.31. The molecule has 0 atom stereocenters. The van der Waals surface area contributed by atoms with E-state index in [1.54, 1.807) is 39.9 Å². The predicted octanol–water partition coefficient (Wildman–Crippen LogP) is 3.69. The van der Waals surface area contributed by atoms with Crippen molar-refractivity contribution >= 4 is 17.4 Å². The number of hydrogen-bond acceptors (Lipinski definition) is 4. The third-order valence-corrected chi connectivity index (χ3v) is 5.20. The Hall–Kier alpha value is -3.55. The van der Waals surface area contributed by atoms with Gasteiger partial charge in [-0.25, -0.2) is 13.9 Å². The number of nitrogens with zero attached hydrogens (tertiary/aromatic N) is 4. The van der Waals surface area contributed by atoms with Crippen molar-refractivity contribution < 1.29 is 14.3 Å². The summed E-state index contributed by atoms with van der Waals surface area (Å²) in [7, 11) is 0. The second kappa shape index (κ2) is 8.06. The molecule has 2 aromatic carbocycles. The van der Waals surface area contributed by atoms with Crippen LogP contribution in [0.4, 0.5) is 20.6 Å². The Bertz CT molecular complexity index is 1070. The van der Waals surface area contributed by atoms with Gasteiger partial charge in [-0.05, 0) is 50.2 Å². The van der Waals surface area contributed by atoms with Crippen LogP contribution in [0.1, 0.15) is 11.4 Å². The minimum atomic E-state index is -0.451. The molecule has 1 aliphatic rings. The van der Waals surface area contributed by atoms with Crippen molar-refractivity contribution in [3.8, 4) is 11.4 Å². The fraction of sp³-hybridized carbons (Fsp3) is 0.273. The summed E-state index contributed by atoms with van der Waals surface area (Å²) in [5.41, 5.74) is 3.33. The van der Waals surface area contributed by atoms with Crippen LogP contribution in [-0.4, -0.2) is 52.0 Å². The molecule has 7 nitrogen and oxygen atoms in total. The summed E-state index contributed by atoms with van der Waals surface area (Å²) >= 11 is 0. The van der Waals surface area contributed by atoms with E-state index in [2.05, 4.69) is 15.3 Å². The van der Waals surface area contributed by atoms with Crippen molar-refractivity contribution in [2.75, 3.05) is 36.4 Å². The SMILES string of the molecule is Cc1cc(C)n(-c2ccc(NC(=O)N3CCN(c4cccc(O)c4)CC3)cc2F)n1. The molecule has 0 radical (unpaired) electrons. The summed E-state index contributed by atoms with van der Waals surface area (Å²) in [5, 5.41) is 16.7. The first kappa shape index (κ1) is 19.8. The van der Waals surface area contributed by atoms with E-state index in [9.17, 15) is 14.3 Å². The van der Waals surface area contributed by atoms with Crippen molar-refractivity contribution in [2.24, 2.45) is 0 Å². The summed E-state index contributed by atoms with van der Waals surface area (Å²) in [5.74, 6) is -0.230. The summed E-state index contributed by atoms with van der Waals surface area (Å²) in [6, 6.07) is 13.3. The molecule has 0 bridgehead atoms. The van der Waals surface area contributed by atoms with Gasteiger partial charge in [-0.1, -0.05) is 6.07 Å². The third kappa shape index (κ3) is 4.07. The first-order chi connectivity index (χ1) is 14.4. The zero-order chi connectivity index (χ0) is 21.3. The average Bonchev–Trinajstić information content (AvgIpc) is 3.06. The molecule has 1 aromatic heterocycles. The van der Waals surface area contributed by atoms with Gasteiger partial charge in [-0.15, -0.1) is 0 Å². The van der Waals surface area contributed by atoms with Gasteiger partial charge in [0.15, 0.2) is 5.82 Å². The van der Waals surface area contributed by atoms with Crippen LogP contribution in [-0.2, 0) is 0 Å². The number of hydrogen-bond donors (Lipinski definition) is 2. The minimum absolute atomic E-state index is 0.221. The van der Waals surface area contributed by atoms with Crippen molar-refractivity contribution in [1.29, 1.82) is 0 Å². The van der Waals surface area contributed by atoms with Crippen LogP contribution < -0.4 is 10.2 Å². The summed E-state index contributed by atoms with van der Waals surface area (Å²) < 4.78 is 16.2. The molecule has 8 heteroatoms. The first-order valence-corrected chi connectivity index (χ1v) is 9.84. The number of halogens is 1. The Balaban J connectivity index is 1.39. The van der Waals surface area contributed by atoms with E-state index in [0.29, 0.717) is 37.6 Å². The minimum Gasteiger partial charge on any atom is -0.508 e. The highest BCUT2D eigenvalue weighted by atomic mass is 19.1. The van der Waals surface area contributed by atoms with Gasteiger partial charge in [0.05, 0.1) is 5.69 Å². The molecule has 0 saturated carbocycles. The molecule has 2 N–H and O–H groups in total. The van der Waals surface area contributed by atoms with Crippen LogP contribution in [0.25, 0.3) is 5.69 Å². The molecule has 4 rings (SSSR count). The Morgan fingerprint density at radius 3 is 2.47 bits per heavy atom. The van der Waals surface area contributed by atoms with Crippen LogP contribution in [0, 0.1) is 19.7 Å². The second-order valence-electron chi connectivity index (χ2n) is 7.43. The molecule has 2 amide bonds. The van der Waals surface area contributed by atoms with Gasteiger partial charge in [0.1, 0.15) is 11.4 Å². The van der Waals surface area contributed by atoms with Crippen molar-refractivity contribution in [3.05, 3.63) is 65.7 Å². The highest BCUT2D eigenvalue weighted by molar-refractivity contribution is 5.89. The highest BCUT2D eigenvalue weighted by Crippen LogP contribution is 2.23.